The van der Waals surface area contributed by atoms with E-state index in [4.69, 9.17) is 15.7 Å². The fourth-order valence-corrected chi connectivity index (χ4v) is 1.46. The highest BCUT2D eigenvalue weighted by molar-refractivity contribution is 9.10. The van der Waals surface area contributed by atoms with E-state index in [1.807, 2.05) is 0 Å². The van der Waals surface area contributed by atoms with Crippen LogP contribution in [0.5, 0.6) is 0 Å². The molecule has 1 aromatic rings. The molecule has 0 saturated heterocycles. The molecule has 4 nitrogen and oxygen atoms in total. The molecular formula is C13H17BrN2O2. The molecule has 1 aliphatic rings. The van der Waals surface area contributed by atoms with Crippen LogP contribution in [0.1, 0.15) is 43.0 Å². The molecule has 0 N–H and O–H groups in total. The summed E-state index contributed by atoms with van der Waals surface area (Å²) in [5.74, 6) is 0. The van der Waals surface area contributed by atoms with E-state index < -0.39 is 54.5 Å². The van der Waals surface area contributed by atoms with Crippen molar-refractivity contribution in [2.75, 3.05) is 6.50 Å². The van der Waals surface area contributed by atoms with Crippen LogP contribution in [-0.4, -0.2) is 28.1 Å². The minimum Gasteiger partial charge on any atom is -0.444 e. The second kappa shape index (κ2) is 4.88. The van der Waals surface area contributed by atoms with Gasteiger partial charge in [0, 0.05) is 34.7 Å². The molecule has 98 valence electrons. The third-order valence-electron chi connectivity index (χ3n) is 1.82. The number of ether oxygens (including phenoxy) is 1. The Kier molecular flexibility index (Phi) is 1.73. The number of rotatable bonds is 0. The maximum absolute atomic E-state index is 12.5. The Morgan fingerprint density at radius 2 is 2.39 bits per heavy atom. The minimum absolute atomic E-state index is 0.0172. The van der Waals surface area contributed by atoms with Crippen LogP contribution >= 0.6 is 15.9 Å². The molecule has 2 heterocycles. The number of carbonyl (C=O) groups is 1. The molecular weight excluding hydrogens is 296 g/mol. The van der Waals surface area contributed by atoms with E-state index in [2.05, 4.69) is 20.9 Å². The molecule has 1 amide bonds. The highest BCUT2D eigenvalue weighted by atomic mass is 79.9. The number of halogens is 1. The predicted octanol–water partition coefficient (Wildman–Crippen LogP) is 3.14. The van der Waals surface area contributed by atoms with Gasteiger partial charge in [0.1, 0.15) is 5.60 Å². The van der Waals surface area contributed by atoms with Crippen LogP contribution in [0.2, 0.25) is 0 Å². The van der Waals surface area contributed by atoms with Crippen molar-refractivity contribution < 1.29 is 20.5 Å². The first-order valence-corrected chi connectivity index (χ1v) is 5.96. The number of fused-ring (bicyclic) bond motifs is 1. The standard InChI is InChI=1S/C13H17BrN2O2/c1-13(2,3)18-12(17)16-5-4-11-9(8-16)6-10(14)7-15-11/h6-7H,4-5,8H2,1-3H3/i4D2,5D2,6D,7D,8D2. The third kappa shape index (κ3) is 3.22. The topological polar surface area (TPSA) is 42.4 Å². The summed E-state index contributed by atoms with van der Waals surface area (Å²) < 4.78 is 69.7. The molecule has 2 rings (SSSR count). The second-order valence-electron chi connectivity index (χ2n) is 4.55. The first-order valence-electron chi connectivity index (χ1n) is 9.17. The van der Waals surface area contributed by atoms with E-state index in [1.54, 1.807) is 0 Å². The average Bonchev–Trinajstić information content (AvgIpc) is 2.39. The first-order chi connectivity index (χ1) is 11.5. The fraction of sp³-hybridized carbons (Fsp3) is 0.538. The largest absolute Gasteiger partial charge is 0.444 e. The van der Waals surface area contributed by atoms with Crippen molar-refractivity contribution in [1.82, 2.24) is 9.88 Å². The van der Waals surface area contributed by atoms with Crippen LogP contribution in [-0.2, 0) is 17.6 Å². The molecule has 0 aliphatic carbocycles. The maximum atomic E-state index is 12.5. The zero-order chi connectivity index (χ0) is 20.5. The van der Waals surface area contributed by atoms with E-state index in [-0.39, 0.29) is 9.37 Å². The Hall–Kier alpha value is -1.10. The Bertz CT molecular complexity index is 778. The number of carbonyl (C=O) groups excluding carboxylic acids is 1. The van der Waals surface area contributed by atoms with Crippen LogP contribution in [0.3, 0.4) is 0 Å². The van der Waals surface area contributed by atoms with Crippen molar-refractivity contribution in [1.29, 1.82) is 0 Å². The van der Waals surface area contributed by atoms with Gasteiger partial charge < -0.3 is 9.64 Å². The zero-order valence-corrected chi connectivity index (χ0v) is 11.7. The van der Waals surface area contributed by atoms with Crippen molar-refractivity contribution in [2.45, 2.75) is 39.2 Å². The minimum atomic E-state index is -3.19. The van der Waals surface area contributed by atoms with Gasteiger partial charge in [-0.05, 0) is 48.3 Å². The number of aryl methyl sites for hydroxylation is 1. The van der Waals surface area contributed by atoms with Gasteiger partial charge in [0.25, 0.3) is 0 Å². The molecule has 1 aromatic heterocycles. The van der Waals surface area contributed by atoms with E-state index >= 15 is 0 Å². The number of amides is 1. The molecule has 0 saturated carbocycles. The highest BCUT2D eigenvalue weighted by Gasteiger charge is 2.26. The summed E-state index contributed by atoms with van der Waals surface area (Å²) in [6.45, 7) is -1.62. The Morgan fingerprint density at radius 1 is 1.67 bits per heavy atom. The van der Waals surface area contributed by atoms with Crippen molar-refractivity contribution in [2.24, 2.45) is 0 Å². The first kappa shape index (κ1) is 6.37. The van der Waals surface area contributed by atoms with Gasteiger partial charge >= 0.3 is 6.09 Å². The van der Waals surface area contributed by atoms with Gasteiger partial charge in [-0.25, -0.2) is 4.79 Å². The molecule has 0 atom stereocenters. The lowest BCUT2D eigenvalue weighted by atomic mass is 10.1. The summed E-state index contributed by atoms with van der Waals surface area (Å²) in [7, 11) is 0. The molecule has 0 bridgehead atoms. The Morgan fingerprint density at radius 3 is 3.06 bits per heavy atom. The third-order valence-corrected chi connectivity index (χ3v) is 2.20. The molecule has 1 aliphatic heterocycles. The highest BCUT2D eigenvalue weighted by Crippen LogP contribution is 2.22. The van der Waals surface area contributed by atoms with Gasteiger partial charge in [-0.2, -0.15) is 0 Å². The van der Waals surface area contributed by atoms with Crippen LogP contribution in [0.15, 0.2) is 16.7 Å². The number of hydrogen-bond donors (Lipinski definition) is 0. The van der Waals surface area contributed by atoms with Gasteiger partial charge in [-0.3, -0.25) is 4.98 Å². The van der Waals surface area contributed by atoms with Gasteiger partial charge in [-0.1, -0.05) is 0 Å². The van der Waals surface area contributed by atoms with E-state index in [0.29, 0.717) is 0 Å². The summed E-state index contributed by atoms with van der Waals surface area (Å²) in [5, 5.41) is 0. The number of aromatic nitrogens is 1. The summed E-state index contributed by atoms with van der Waals surface area (Å²) >= 11 is 2.93. The number of hydrogen-bond acceptors (Lipinski definition) is 3. The summed E-state index contributed by atoms with van der Waals surface area (Å²) in [6, 6.07) is -0.585. The maximum Gasteiger partial charge on any atom is 0.410 e. The second-order valence-corrected chi connectivity index (χ2v) is 5.34. The van der Waals surface area contributed by atoms with Crippen molar-refractivity contribution in [3.05, 3.63) is 27.9 Å². The smallest absolute Gasteiger partial charge is 0.410 e. The van der Waals surface area contributed by atoms with Crippen molar-refractivity contribution in [3.63, 3.8) is 0 Å². The van der Waals surface area contributed by atoms with Crippen LogP contribution in [0.4, 0.5) is 4.79 Å². The lowest BCUT2D eigenvalue weighted by Gasteiger charge is -2.30. The van der Waals surface area contributed by atoms with E-state index in [1.165, 1.54) is 20.8 Å². The summed E-state index contributed by atoms with van der Waals surface area (Å²) in [5.41, 5.74) is -2.44. The van der Waals surface area contributed by atoms with E-state index in [9.17, 15) is 4.79 Å². The van der Waals surface area contributed by atoms with Gasteiger partial charge in [-0.15, -0.1) is 0 Å². The molecule has 0 spiro atoms. The average molecular weight is 321 g/mol. The van der Waals surface area contributed by atoms with Crippen LogP contribution in [0, 0.1) is 0 Å². The van der Waals surface area contributed by atoms with Crippen molar-refractivity contribution >= 4 is 22.0 Å². The monoisotopic (exact) mass is 320 g/mol. The van der Waals surface area contributed by atoms with Crippen LogP contribution < -0.4 is 0 Å². The zero-order valence-electron chi connectivity index (χ0n) is 18.1. The lowest BCUT2D eigenvalue weighted by Crippen LogP contribution is -2.40. The quantitative estimate of drug-likeness (QED) is 0.737. The lowest BCUT2D eigenvalue weighted by molar-refractivity contribution is 0.0222. The number of nitrogens with zero attached hydrogens (tertiary/aromatic N) is 2. The summed E-state index contributed by atoms with van der Waals surface area (Å²) in [4.78, 5) is 16.2. The van der Waals surface area contributed by atoms with Gasteiger partial charge in [0.05, 0.1) is 12.0 Å². The Balaban J connectivity index is 2.83. The molecule has 5 heteroatoms. The van der Waals surface area contributed by atoms with Crippen LogP contribution in [0.25, 0.3) is 0 Å². The molecule has 0 radical (unpaired) electrons. The van der Waals surface area contributed by atoms with Gasteiger partial charge in [0.15, 0.2) is 0 Å². The Labute approximate surface area is 127 Å². The molecule has 0 aromatic carbocycles. The molecule has 18 heavy (non-hydrogen) atoms. The van der Waals surface area contributed by atoms with E-state index in [0.717, 1.165) is 0 Å². The summed E-state index contributed by atoms with van der Waals surface area (Å²) in [6.07, 6.45) is -4.93. The SMILES string of the molecule is [2H]c1nc2c(c([2H])c1Br)C([2H])([2H])N(C(=O)OC(C)(C)C)C([2H])([2H])C2([2H])[2H]. The van der Waals surface area contributed by atoms with Crippen molar-refractivity contribution in [3.8, 4) is 0 Å². The molecule has 0 fully saturated rings. The fourth-order valence-electron chi connectivity index (χ4n) is 1.18. The normalized spacial score (nSPS) is 30.1. The predicted molar refractivity (Wildman–Crippen MR) is 72.3 cm³/mol. The van der Waals surface area contributed by atoms with Gasteiger partial charge in [0.2, 0.25) is 0 Å². The molecule has 0 unspecified atom stereocenters. The number of pyridine rings is 1.